The lowest BCUT2D eigenvalue weighted by Gasteiger charge is -2.18. The van der Waals surface area contributed by atoms with Crippen molar-refractivity contribution in [1.29, 1.82) is 0 Å². The maximum Gasteiger partial charge on any atom is 0.341 e. The van der Waals surface area contributed by atoms with Gasteiger partial charge in [-0.15, -0.1) is 11.3 Å². The highest BCUT2D eigenvalue weighted by molar-refractivity contribution is 7.17. The van der Waals surface area contributed by atoms with Crippen LogP contribution in [0.3, 0.4) is 0 Å². The van der Waals surface area contributed by atoms with E-state index in [1.807, 2.05) is 6.08 Å². The molecule has 3 rings (SSSR count). The van der Waals surface area contributed by atoms with Crippen LogP contribution < -0.4 is 5.32 Å². The molecule has 1 aromatic heterocycles. The monoisotopic (exact) mass is 391 g/mol. The third-order valence-corrected chi connectivity index (χ3v) is 6.23. The van der Waals surface area contributed by atoms with Crippen LogP contribution in [-0.4, -0.2) is 31.6 Å². The zero-order valence-corrected chi connectivity index (χ0v) is 16.5. The van der Waals surface area contributed by atoms with Crippen LogP contribution >= 0.6 is 11.3 Å². The molecule has 0 unspecified atom stereocenters. The Morgan fingerprint density at radius 2 is 2.11 bits per heavy atom. The third-order valence-electron chi connectivity index (χ3n) is 5.06. The van der Waals surface area contributed by atoms with E-state index >= 15 is 0 Å². The number of hydrogen-bond acceptors (Lipinski definition) is 6. The Morgan fingerprint density at radius 1 is 1.30 bits per heavy atom. The minimum Gasteiger partial charge on any atom is -0.465 e. The molecule has 2 aliphatic rings. The van der Waals surface area contributed by atoms with E-state index in [9.17, 15) is 14.4 Å². The van der Waals surface area contributed by atoms with E-state index in [2.05, 4.69) is 18.3 Å². The van der Waals surface area contributed by atoms with E-state index < -0.39 is 11.9 Å². The molecular weight excluding hydrogens is 366 g/mol. The van der Waals surface area contributed by atoms with Gasteiger partial charge in [0.1, 0.15) is 5.00 Å². The molecular formula is C20H25NO5S. The summed E-state index contributed by atoms with van der Waals surface area (Å²) in [6.07, 6.45) is 9.00. The molecule has 7 heteroatoms. The number of allylic oxidation sites excluding steroid dienone is 2. The molecule has 27 heavy (non-hydrogen) atoms. The van der Waals surface area contributed by atoms with Crippen molar-refractivity contribution in [3.8, 4) is 0 Å². The number of anilines is 1. The summed E-state index contributed by atoms with van der Waals surface area (Å²) < 4.78 is 9.99. The lowest BCUT2D eigenvalue weighted by atomic mass is 9.88. The van der Waals surface area contributed by atoms with Gasteiger partial charge in [-0.2, -0.15) is 0 Å². The Morgan fingerprint density at radius 3 is 2.81 bits per heavy atom. The fourth-order valence-corrected chi connectivity index (χ4v) is 5.02. The quantitative estimate of drug-likeness (QED) is 0.593. The Bertz CT molecular complexity index is 767. The van der Waals surface area contributed by atoms with Crippen molar-refractivity contribution in [2.75, 3.05) is 19.0 Å². The maximum atomic E-state index is 12.2. The number of carbonyl (C=O) groups excluding carboxylic acids is 3. The summed E-state index contributed by atoms with van der Waals surface area (Å²) in [6.45, 7) is 1.83. The summed E-state index contributed by atoms with van der Waals surface area (Å²) in [6, 6.07) is 0. The van der Waals surface area contributed by atoms with E-state index in [1.54, 1.807) is 0 Å². The molecule has 2 aliphatic carbocycles. The standard InChI is InChI=1S/C20H25NO5S/c1-12-7-8-14-15(9-12)27-19(18(14)20(24)25-2)21-16(22)11-26-17(23)10-13-5-3-4-6-13/h3,5,12-13H,4,6-11H2,1-2H3,(H,21,22)/t12-,13+/m1/s1. The van der Waals surface area contributed by atoms with Crippen molar-refractivity contribution < 1.29 is 23.9 Å². The van der Waals surface area contributed by atoms with Gasteiger partial charge in [0.25, 0.3) is 5.91 Å². The molecule has 0 radical (unpaired) electrons. The van der Waals surface area contributed by atoms with Crippen LogP contribution in [0.25, 0.3) is 0 Å². The minimum absolute atomic E-state index is 0.206. The molecule has 0 fully saturated rings. The Kier molecular flexibility index (Phi) is 6.31. The number of methoxy groups -OCH3 is 1. The molecule has 1 heterocycles. The van der Waals surface area contributed by atoms with E-state index in [0.29, 0.717) is 22.9 Å². The predicted molar refractivity (Wildman–Crippen MR) is 103 cm³/mol. The first-order chi connectivity index (χ1) is 13.0. The Labute approximate surface area is 162 Å². The van der Waals surface area contributed by atoms with Gasteiger partial charge < -0.3 is 14.8 Å². The van der Waals surface area contributed by atoms with E-state index in [0.717, 1.165) is 42.5 Å². The summed E-state index contributed by atoms with van der Waals surface area (Å²) in [5.41, 5.74) is 1.42. The minimum atomic E-state index is -0.442. The van der Waals surface area contributed by atoms with Crippen LogP contribution in [0.2, 0.25) is 0 Å². The number of thiophene rings is 1. The molecule has 0 spiro atoms. The Balaban J connectivity index is 1.62. The first kappa shape index (κ1) is 19.6. The van der Waals surface area contributed by atoms with Crippen LogP contribution in [-0.2, 0) is 31.9 Å². The molecule has 1 amide bonds. The number of ether oxygens (including phenoxy) is 2. The highest BCUT2D eigenvalue weighted by Gasteiger charge is 2.29. The zero-order valence-electron chi connectivity index (χ0n) is 15.7. The SMILES string of the molecule is COC(=O)c1c(NC(=O)COC(=O)C[C@H]2C=CCC2)sc2c1CC[C@@H](C)C2. The molecule has 2 atom stereocenters. The van der Waals surface area contributed by atoms with Gasteiger partial charge in [-0.25, -0.2) is 4.79 Å². The molecule has 6 nitrogen and oxygen atoms in total. The molecule has 0 saturated heterocycles. The number of esters is 2. The summed E-state index contributed by atoms with van der Waals surface area (Å²) in [5, 5.41) is 3.22. The predicted octanol–water partition coefficient (Wildman–Crippen LogP) is 3.50. The van der Waals surface area contributed by atoms with Crippen molar-refractivity contribution in [2.24, 2.45) is 11.8 Å². The summed E-state index contributed by atoms with van der Waals surface area (Å²) in [7, 11) is 1.34. The molecule has 0 saturated carbocycles. The number of carbonyl (C=O) groups is 3. The smallest absolute Gasteiger partial charge is 0.341 e. The maximum absolute atomic E-state index is 12.2. The molecule has 0 aliphatic heterocycles. The van der Waals surface area contributed by atoms with Gasteiger partial charge in [0.15, 0.2) is 6.61 Å². The van der Waals surface area contributed by atoms with Crippen molar-refractivity contribution >= 4 is 34.2 Å². The molecule has 1 aromatic rings. The molecule has 146 valence electrons. The van der Waals surface area contributed by atoms with Gasteiger partial charge in [0, 0.05) is 4.88 Å². The summed E-state index contributed by atoms with van der Waals surface area (Å²) in [4.78, 5) is 37.5. The highest BCUT2D eigenvalue weighted by Crippen LogP contribution is 2.40. The van der Waals surface area contributed by atoms with Crippen molar-refractivity contribution in [3.63, 3.8) is 0 Å². The largest absolute Gasteiger partial charge is 0.465 e. The van der Waals surface area contributed by atoms with Crippen LogP contribution in [0.4, 0.5) is 5.00 Å². The average molecular weight is 391 g/mol. The van der Waals surface area contributed by atoms with E-state index in [1.165, 1.54) is 18.4 Å². The van der Waals surface area contributed by atoms with Crippen LogP contribution in [0.5, 0.6) is 0 Å². The summed E-state index contributed by atoms with van der Waals surface area (Å²) in [5.74, 6) is -0.507. The number of rotatable bonds is 6. The Hall–Kier alpha value is -2.15. The number of nitrogens with one attached hydrogen (secondary N) is 1. The third kappa shape index (κ3) is 4.77. The first-order valence-electron chi connectivity index (χ1n) is 9.33. The van der Waals surface area contributed by atoms with Crippen LogP contribution in [0.1, 0.15) is 53.4 Å². The topological polar surface area (TPSA) is 81.7 Å². The van der Waals surface area contributed by atoms with Gasteiger partial charge >= 0.3 is 11.9 Å². The fraction of sp³-hybridized carbons (Fsp3) is 0.550. The normalized spacial score (nSPS) is 20.8. The van der Waals surface area contributed by atoms with Crippen molar-refractivity contribution in [1.82, 2.24) is 0 Å². The van der Waals surface area contributed by atoms with Crippen molar-refractivity contribution in [2.45, 2.75) is 45.4 Å². The average Bonchev–Trinajstić information content (AvgIpc) is 3.26. The number of fused-ring (bicyclic) bond motifs is 1. The first-order valence-corrected chi connectivity index (χ1v) is 10.1. The second kappa shape index (κ2) is 8.69. The van der Waals surface area contributed by atoms with Gasteiger partial charge in [0.05, 0.1) is 19.1 Å². The van der Waals surface area contributed by atoms with Crippen LogP contribution in [0.15, 0.2) is 12.2 Å². The summed E-state index contributed by atoms with van der Waals surface area (Å²) >= 11 is 1.42. The molecule has 1 N–H and O–H groups in total. The van der Waals surface area contributed by atoms with Gasteiger partial charge in [-0.3, -0.25) is 9.59 Å². The number of hydrogen-bond donors (Lipinski definition) is 1. The second-order valence-corrected chi connectivity index (χ2v) is 8.33. The molecule has 0 aromatic carbocycles. The van der Waals surface area contributed by atoms with Crippen LogP contribution in [0, 0.1) is 11.8 Å². The van der Waals surface area contributed by atoms with Gasteiger partial charge in [-0.1, -0.05) is 19.1 Å². The van der Waals surface area contributed by atoms with Gasteiger partial charge in [0.2, 0.25) is 0 Å². The van der Waals surface area contributed by atoms with E-state index in [-0.39, 0.29) is 18.5 Å². The van der Waals surface area contributed by atoms with Gasteiger partial charge in [-0.05, 0) is 49.5 Å². The van der Waals surface area contributed by atoms with E-state index in [4.69, 9.17) is 9.47 Å². The fourth-order valence-electron chi connectivity index (χ4n) is 3.60. The zero-order chi connectivity index (χ0) is 19.4. The second-order valence-electron chi connectivity index (χ2n) is 7.23. The van der Waals surface area contributed by atoms with Crippen molar-refractivity contribution in [3.05, 3.63) is 28.2 Å². The lowest BCUT2D eigenvalue weighted by molar-refractivity contribution is -0.147. The number of amides is 1. The lowest BCUT2D eigenvalue weighted by Crippen LogP contribution is -2.22. The molecule has 0 bridgehead atoms. The highest BCUT2D eigenvalue weighted by atomic mass is 32.1.